The Morgan fingerprint density at radius 3 is 2.85 bits per heavy atom. The molecule has 5 rings (SSSR count). The van der Waals surface area contributed by atoms with Crippen molar-refractivity contribution in [2.75, 3.05) is 7.11 Å². The number of ether oxygens (including phenoxy) is 1. The molecule has 5 atom stereocenters. The van der Waals surface area contributed by atoms with E-state index >= 15 is 0 Å². The number of methoxy groups -OCH3 is 1. The van der Waals surface area contributed by atoms with Crippen LogP contribution in [0.15, 0.2) is 60.6 Å². The fourth-order valence-corrected chi connectivity index (χ4v) is 6.25. The summed E-state index contributed by atoms with van der Waals surface area (Å²) >= 11 is 0. The van der Waals surface area contributed by atoms with E-state index in [-0.39, 0.29) is 29.8 Å². The van der Waals surface area contributed by atoms with E-state index < -0.39 is 13.2 Å². The van der Waals surface area contributed by atoms with Gasteiger partial charge in [-0.05, 0) is 60.6 Å². The summed E-state index contributed by atoms with van der Waals surface area (Å²) in [6.07, 6.45) is 11.2. The highest BCUT2D eigenvalue weighted by molar-refractivity contribution is 6.47. The van der Waals surface area contributed by atoms with Gasteiger partial charge in [0.15, 0.2) is 0 Å². The number of pyridine rings is 1. The van der Waals surface area contributed by atoms with Crippen LogP contribution in [0.2, 0.25) is 0 Å². The van der Waals surface area contributed by atoms with Crippen LogP contribution in [0.3, 0.4) is 0 Å². The van der Waals surface area contributed by atoms with Crippen molar-refractivity contribution >= 4 is 18.9 Å². The van der Waals surface area contributed by atoms with Gasteiger partial charge in [0.05, 0.1) is 42.4 Å². The summed E-state index contributed by atoms with van der Waals surface area (Å²) in [5.74, 6) is 1.87. The lowest BCUT2D eigenvalue weighted by atomic mass is 9.59. The smallest absolute Gasteiger partial charge is 0.538 e. The Kier molecular flexibility index (Phi) is 8.26. The van der Waals surface area contributed by atoms with E-state index in [1.807, 2.05) is 24.3 Å². The predicted octanol–water partition coefficient (Wildman–Crippen LogP) is 4.77. The van der Waals surface area contributed by atoms with E-state index in [4.69, 9.17) is 14.0 Å². The van der Waals surface area contributed by atoms with Crippen molar-refractivity contribution in [3.05, 3.63) is 71.8 Å². The second kappa shape index (κ2) is 11.8. The molecule has 1 aliphatic heterocycles. The van der Waals surface area contributed by atoms with Gasteiger partial charge in [-0.25, -0.2) is 0 Å². The van der Waals surface area contributed by atoms with Crippen molar-refractivity contribution in [1.29, 1.82) is 0 Å². The van der Waals surface area contributed by atoms with E-state index in [2.05, 4.69) is 35.5 Å². The maximum atomic E-state index is 13.5. The number of benzene rings is 1. The molecule has 2 amide bonds. The standard InChI is InChI=1S/C30H38BN3O5/c1-4-6-12-27(31-38-25-16-23-15-22(5-2)30(23,18-25)39-31)34-28(35)17-26(20-9-7-11-24(14-20)37-3)33-29(36)21-10-8-13-32-19-21/h7-11,13-14,18-19,22-23,26-27H,4-6,12,15-17H2,1-3H3,(H,33,36)(H,34,35)/t22?,23?,26?,27-,30-/m0/s1. The van der Waals surface area contributed by atoms with Crippen LogP contribution in [-0.2, 0) is 14.1 Å². The molecule has 3 unspecified atom stereocenters. The molecule has 1 aromatic heterocycles. The van der Waals surface area contributed by atoms with Crippen LogP contribution in [0.4, 0.5) is 0 Å². The van der Waals surface area contributed by atoms with Gasteiger partial charge in [-0.2, -0.15) is 0 Å². The molecule has 2 bridgehead atoms. The van der Waals surface area contributed by atoms with Crippen molar-refractivity contribution in [3.8, 4) is 5.75 Å². The number of carbonyl (C=O) groups is 2. The number of unbranched alkanes of at least 4 members (excludes halogenated alkanes) is 1. The number of nitrogens with one attached hydrogen (secondary N) is 2. The number of nitrogens with zero attached hydrogens (tertiary/aromatic N) is 1. The van der Waals surface area contributed by atoms with Gasteiger partial charge in [-0.15, -0.1) is 0 Å². The van der Waals surface area contributed by atoms with Crippen LogP contribution in [-0.4, -0.2) is 42.6 Å². The Hall–Kier alpha value is -3.33. The molecule has 1 saturated carbocycles. The lowest BCUT2D eigenvalue weighted by Gasteiger charge is -2.52. The fraction of sp³-hybridized carbons (Fsp3) is 0.500. The van der Waals surface area contributed by atoms with Gasteiger partial charge in [0, 0.05) is 18.8 Å². The summed E-state index contributed by atoms with van der Waals surface area (Å²) in [4.78, 5) is 30.6. The maximum Gasteiger partial charge on any atom is 0.549 e. The molecular weight excluding hydrogens is 493 g/mol. The monoisotopic (exact) mass is 531 g/mol. The van der Waals surface area contributed by atoms with Crippen LogP contribution >= 0.6 is 0 Å². The number of rotatable bonds is 12. The van der Waals surface area contributed by atoms with E-state index in [0.717, 1.165) is 49.8 Å². The van der Waals surface area contributed by atoms with Crippen LogP contribution in [0.1, 0.15) is 80.8 Å². The zero-order chi connectivity index (χ0) is 27.4. The molecule has 0 radical (unpaired) electrons. The lowest BCUT2D eigenvalue weighted by molar-refractivity contribution is -0.122. The lowest BCUT2D eigenvalue weighted by Crippen LogP contribution is -2.61. The van der Waals surface area contributed by atoms with Crippen molar-refractivity contribution < 1.29 is 23.6 Å². The number of carbonyl (C=O) groups excluding carboxylic acids is 2. The van der Waals surface area contributed by atoms with Gasteiger partial charge in [-0.3, -0.25) is 14.6 Å². The molecule has 8 nitrogen and oxygen atoms in total. The molecule has 1 fully saturated rings. The van der Waals surface area contributed by atoms with Gasteiger partial charge < -0.3 is 24.7 Å². The van der Waals surface area contributed by atoms with Gasteiger partial charge in [0.2, 0.25) is 5.91 Å². The predicted molar refractivity (Wildman–Crippen MR) is 149 cm³/mol. The molecule has 1 aromatic carbocycles. The van der Waals surface area contributed by atoms with E-state index in [1.165, 1.54) is 6.20 Å². The Morgan fingerprint density at radius 1 is 1.23 bits per heavy atom. The Labute approximate surface area is 231 Å². The average Bonchev–Trinajstić information content (AvgIpc) is 3.16. The molecule has 2 aliphatic carbocycles. The summed E-state index contributed by atoms with van der Waals surface area (Å²) in [7, 11) is 1.08. The quantitative estimate of drug-likeness (QED) is 0.383. The third-order valence-electron chi connectivity index (χ3n) is 8.42. The molecule has 0 saturated heterocycles. The topological polar surface area (TPSA) is 98.8 Å². The van der Waals surface area contributed by atoms with Gasteiger partial charge in [0.1, 0.15) is 5.75 Å². The minimum absolute atomic E-state index is 0.0581. The molecule has 206 valence electrons. The number of amides is 2. The summed E-state index contributed by atoms with van der Waals surface area (Å²) in [6, 6.07) is 10.3. The molecular formula is C30H38BN3O5. The first-order chi connectivity index (χ1) is 19.0. The second-order valence-electron chi connectivity index (χ2n) is 10.9. The largest absolute Gasteiger partial charge is 0.549 e. The molecule has 3 aliphatic rings. The maximum absolute atomic E-state index is 13.5. The van der Waals surface area contributed by atoms with E-state index in [1.54, 1.807) is 25.4 Å². The molecule has 2 heterocycles. The third-order valence-corrected chi connectivity index (χ3v) is 8.42. The third kappa shape index (κ3) is 5.69. The zero-order valence-electron chi connectivity index (χ0n) is 23.0. The summed E-state index contributed by atoms with van der Waals surface area (Å²) in [6.45, 7) is 4.35. The second-order valence-corrected chi connectivity index (χ2v) is 10.9. The first kappa shape index (κ1) is 27.2. The van der Waals surface area contributed by atoms with Gasteiger partial charge >= 0.3 is 7.12 Å². The molecule has 9 heteroatoms. The van der Waals surface area contributed by atoms with E-state index in [9.17, 15) is 9.59 Å². The normalized spacial score (nSPS) is 24.4. The fourth-order valence-electron chi connectivity index (χ4n) is 6.25. The molecule has 2 N–H and O–H groups in total. The highest BCUT2D eigenvalue weighted by Gasteiger charge is 2.62. The highest BCUT2D eigenvalue weighted by atomic mass is 16.6. The zero-order valence-corrected chi connectivity index (χ0v) is 23.0. The highest BCUT2D eigenvalue weighted by Crippen LogP contribution is 2.59. The molecule has 1 spiro atoms. The average molecular weight is 531 g/mol. The van der Waals surface area contributed by atoms with Crippen LogP contribution in [0, 0.1) is 11.8 Å². The number of hydrogen-bond donors (Lipinski definition) is 2. The van der Waals surface area contributed by atoms with Crippen LogP contribution < -0.4 is 15.4 Å². The summed E-state index contributed by atoms with van der Waals surface area (Å²) in [5.41, 5.74) is 0.963. The minimum Gasteiger partial charge on any atom is -0.538 e. The Morgan fingerprint density at radius 2 is 2.10 bits per heavy atom. The summed E-state index contributed by atoms with van der Waals surface area (Å²) < 4.78 is 18.3. The van der Waals surface area contributed by atoms with E-state index in [0.29, 0.717) is 23.1 Å². The summed E-state index contributed by atoms with van der Waals surface area (Å²) in [5, 5.41) is 6.23. The number of aromatic nitrogens is 1. The van der Waals surface area contributed by atoms with Crippen LogP contribution in [0.5, 0.6) is 5.75 Å². The van der Waals surface area contributed by atoms with Crippen molar-refractivity contribution in [1.82, 2.24) is 15.6 Å². The van der Waals surface area contributed by atoms with Crippen molar-refractivity contribution in [2.24, 2.45) is 11.8 Å². The van der Waals surface area contributed by atoms with Crippen molar-refractivity contribution in [2.45, 2.75) is 76.4 Å². The minimum atomic E-state index is -0.564. The Bertz CT molecular complexity index is 1210. The Balaban J connectivity index is 1.32. The van der Waals surface area contributed by atoms with Crippen molar-refractivity contribution in [3.63, 3.8) is 0 Å². The molecule has 2 aromatic rings. The SMILES string of the molecule is CCCC[C@H](NC(=O)CC(NC(=O)c1cccnc1)c1cccc(OC)c1)B1OC2=C[C@]3(O1)C(CC)CC3C2. The molecule has 39 heavy (non-hydrogen) atoms. The van der Waals surface area contributed by atoms with Gasteiger partial charge in [0.25, 0.3) is 5.91 Å². The van der Waals surface area contributed by atoms with Gasteiger partial charge in [-0.1, -0.05) is 45.2 Å². The number of allylic oxidation sites excluding steroid dienone is 1. The first-order valence-corrected chi connectivity index (χ1v) is 14.2. The number of hydrogen-bond acceptors (Lipinski definition) is 6. The van der Waals surface area contributed by atoms with Crippen LogP contribution in [0.25, 0.3) is 0 Å². The first-order valence-electron chi connectivity index (χ1n) is 14.2.